The molecular formula is C13H17FN2O3. The number of benzene rings is 1. The van der Waals surface area contributed by atoms with E-state index in [1.54, 1.807) is 19.1 Å². The van der Waals surface area contributed by atoms with Crippen LogP contribution in [0, 0.1) is 5.82 Å². The Kier molecular flexibility index (Phi) is 5.29. The molecule has 0 fully saturated rings. The molecule has 1 rings (SSSR count). The normalized spacial score (nSPS) is 11.7. The highest BCUT2D eigenvalue weighted by Crippen LogP contribution is 2.05. The SMILES string of the molecule is CCC(C(=O)O)N(C)C(=O)NCc1cccc(F)c1. The molecule has 1 aromatic rings. The quantitative estimate of drug-likeness (QED) is 0.856. The summed E-state index contributed by atoms with van der Waals surface area (Å²) < 4.78 is 12.9. The lowest BCUT2D eigenvalue weighted by Crippen LogP contribution is -2.46. The standard InChI is InChI=1S/C13H17FN2O3/c1-3-11(12(17)18)16(2)13(19)15-8-9-5-4-6-10(14)7-9/h4-7,11H,3,8H2,1-2H3,(H,15,19)(H,17,18). The van der Waals surface area contributed by atoms with Gasteiger partial charge < -0.3 is 15.3 Å². The first-order valence-electron chi connectivity index (χ1n) is 5.93. The van der Waals surface area contributed by atoms with E-state index in [-0.39, 0.29) is 12.4 Å². The van der Waals surface area contributed by atoms with Gasteiger partial charge in [-0.3, -0.25) is 0 Å². The van der Waals surface area contributed by atoms with Gasteiger partial charge in [-0.05, 0) is 24.1 Å². The molecule has 0 heterocycles. The number of carbonyl (C=O) groups excluding carboxylic acids is 1. The zero-order valence-electron chi connectivity index (χ0n) is 10.9. The van der Waals surface area contributed by atoms with Crippen molar-refractivity contribution < 1.29 is 19.1 Å². The minimum absolute atomic E-state index is 0.150. The van der Waals surface area contributed by atoms with Crippen molar-refractivity contribution in [2.24, 2.45) is 0 Å². The number of halogens is 1. The third-order valence-corrected chi connectivity index (χ3v) is 2.79. The fraction of sp³-hybridized carbons (Fsp3) is 0.385. The van der Waals surface area contributed by atoms with E-state index in [0.29, 0.717) is 12.0 Å². The molecule has 0 aromatic heterocycles. The highest BCUT2D eigenvalue weighted by Gasteiger charge is 2.24. The highest BCUT2D eigenvalue weighted by molar-refractivity contribution is 5.82. The number of hydrogen-bond acceptors (Lipinski definition) is 2. The van der Waals surface area contributed by atoms with E-state index < -0.39 is 18.0 Å². The molecule has 0 spiro atoms. The van der Waals surface area contributed by atoms with Crippen LogP contribution < -0.4 is 5.32 Å². The summed E-state index contributed by atoms with van der Waals surface area (Å²) in [7, 11) is 1.42. The summed E-state index contributed by atoms with van der Waals surface area (Å²) in [4.78, 5) is 23.8. The first-order chi connectivity index (χ1) is 8.95. The van der Waals surface area contributed by atoms with Crippen molar-refractivity contribution in [2.75, 3.05) is 7.05 Å². The number of nitrogens with zero attached hydrogens (tertiary/aromatic N) is 1. The average molecular weight is 268 g/mol. The number of hydrogen-bond donors (Lipinski definition) is 2. The molecule has 0 radical (unpaired) electrons. The molecule has 1 unspecified atom stereocenters. The maximum Gasteiger partial charge on any atom is 0.326 e. The van der Waals surface area contributed by atoms with Crippen molar-refractivity contribution in [1.82, 2.24) is 10.2 Å². The molecule has 6 heteroatoms. The van der Waals surface area contributed by atoms with E-state index in [1.165, 1.54) is 19.2 Å². The number of rotatable bonds is 5. The number of urea groups is 1. The summed E-state index contributed by atoms with van der Waals surface area (Å²) in [5.41, 5.74) is 0.616. The first kappa shape index (κ1) is 14.9. The number of likely N-dealkylation sites (N-methyl/N-ethyl adjacent to an activating group) is 1. The minimum atomic E-state index is -1.05. The summed E-state index contributed by atoms with van der Waals surface area (Å²) in [6.45, 7) is 1.84. The lowest BCUT2D eigenvalue weighted by molar-refractivity contribution is -0.141. The van der Waals surface area contributed by atoms with E-state index in [9.17, 15) is 14.0 Å². The number of carbonyl (C=O) groups is 2. The molecular weight excluding hydrogens is 251 g/mol. The summed E-state index contributed by atoms with van der Waals surface area (Å²) in [5, 5.41) is 11.5. The van der Waals surface area contributed by atoms with Crippen molar-refractivity contribution in [2.45, 2.75) is 25.9 Å². The molecule has 104 valence electrons. The highest BCUT2D eigenvalue weighted by atomic mass is 19.1. The second-order valence-corrected chi connectivity index (χ2v) is 4.16. The molecule has 2 N–H and O–H groups in total. The van der Waals surface area contributed by atoms with Gasteiger partial charge in [-0.25, -0.2) is 14.0 Å². The second kappa shape index (κ2) is 6.72. The predicted octanol–water partition coefficient (Wildman–Crippen LogP) is 1.83. The third kappa shape index (κ3) is 4.24. The van der Waals surface area contributed by atoms with E-state index >= 15 is 0 Å². The Bertz CT molecular complexity index is 465. The number of aliphatic carboxylic acids is 1. The number of carboxylic acid groups (broad SMARTS) is 1. The molecule has 1 aromatic carbocycles. The van der Waals surface area contributed by atoms with Crippen LogP contribution in [0.3, 0.4) is 0 Å². The van der Waals surface area contributed by atoms with Crippen LogP contribution in [-0.4, -0.2) is 35.1 Å². The van der Waals surface area contributed by atoms with Gasteiger partial charge in [-0.1, -0.05) is 19.1 Å². The zero-order valence-corrected chi connectivity index (χ0v) is 10.9. The Morgan fingerprint density at radius 1 is 1.47 bits per heavy atom. The molecule has 0 saturated carbocycles. The average Bonchev–Trinajstić information content (AvgIpc) is 2.36. The van der Waals surface area contributed by atoms with Crippen LogP contribution >= 0.6 is 0 Å². The molecule has 0 saturated heterocycles. The van der Waals surface area contributed by atoms with E-state index in [4.69, 9.17) is 5.11 Å². The Morgan fingerprint density at radius 2 is 2.16 bits per heavy atom. The molecule has 2 amide bonds. The van der Waals surface area contributed by atoms with Crippen LogP contribution in [-0.2, 0) is 11.3 Å². The van der Waals surface area contributed by atoms with Gasteiger partial charge in [-0.15, -0.1) is 0 Å². The first-order valence-corrected chi connectivity index (χ1v) is 5.93. The smallest absolute Gasteiger partial charge is 0.326 e. The van der Waals surface area contributed by atoms with Gasteiger partial charge in [0.05, 0.1) is 0 Å². The molecule has 19 heavy (non-hydrogen) atoms. The third-order valence-electron chi connectivity index (χ3n) is 2.79. The number of nitrogens with one attached hydrogen (secondary N) is 1. The van der Waals surface area contributed by atoms with Crippen LogP contribution in [0.5, 0.6) is 0 Å². The van der Waals surface area contributed by atoms with Crippen LogP contribution in [0.2, 0.25) is 0 Å². The second-order valence-electron chi connectivity index (χ2n) is 4.16. The predicted molar refractivity (Wildman–Crippen MR) is 68.1 cm³/mol. The van der Waals surface area contributed by atoms with E-state index in [2.05, 4.69) is 5.32 Å². The molecule has 0 aliphatic carbocycles. The van der Waals surface area contributed by atoms with Gasteiger partial charge in [0.1, 0.15) is 11.9 Å². The Labute approximate surface area is 111 Å². The van der Waals surface area contributed by atoms with Gasteiger partial charge >= 0.3 is 12.0 Å². The summed E-state index contributed by atoms with van der Waals surface area (Å²) >= 11 is 0. The molecule has 0 aliphatic heterocycles. The van der Waals surface area contributed by atoms with Crippen molar-refractivity contribution in [3.63, 3.8) is 0 Å². The van der Waals surface area contributed by atoms with Crippen LogP contribution in [0.15, 0.2) is 24.3 Å². The molecule has 0 aliphatic rings. The molecule has 1 atom stereocenters. The lowest BCUT2D eigenvalue weighted by atomic mass is 10.2. The Balaban J connectivity index is 2.57. The summed E-state index contributed by atoms with van der Waals surface area (Å²) in [6.07, 6.45) is 0.319. The monoisotopic (exact) mass is 268 g/mol. The van der Waals surface area contributed by atoms with Crippen molar-refractivity contribution in [1.29, 1.82) is 0 Å². The van der Waals surface area contributed by atoms with Crippen LogP contribution in [0.4, 0.5) is 9.18 Å². The van der Waals surface area contributed by atoms with Crippen molar-refractivity contribution in [3.8, 4) is 0 Å². The fourth-order valence-corrected chi connectivity index (χ4v) is 1.70. The van der Waals surface area contributed by atoms with E-state index in [0.717, 1.165) is 4.90 Å². The maximum atomic E-state index is 12.9. The minimum Gasteiger partial charge on any atom is -0.480 e. The van der Waals surface area contributed by atoms with Gasteiger partial charge in [0, 0.05) is 13.6 Å². The van der Waals surface area contributed by atoms with Crippen LogP contribution in [0.1, 0.15) is 18.9 Å². The maximum absolute atomic E-state index is 12.9. The molecule has 0 bridgehead atoms. The van der Waals surface area contributed by atoms with Gasteiger partial charge in [-0.2, -0.15) is 0 Å². The Hall–Kier alpha value is -2.11. The lowest BCUT2D eigenvalue weighted by Gasteiger charge is -2.24. The van der Waals surface area contributed by atoms with Crippen LogP contribution in [0.25, 0.3) is 0 Å². The largest absolute Gasteiger partial charge is 0.480 e. The summed E-state index contributed by atoms with van der Waals surface area (Å²) in [5.74, 6) is -1.43. The number of amides is 2. The zero-order chi connectivity index (χ0) is 14.4. The number of carboxylic acids is 1. The summed E-state index contributed by atoms with van der Waals surface area (Å²) in [6, 6.07) is 4.49. The van der Waals surface area contributed by atoms with E-state index in [1.807, 2.05) is 0 Å². The van der Waals surface area contributed by atoms with Gasteiger partial charge in [0.25, 0.3) is 0 Å². The Morgan fingerprint density at radius 3 is 2.68 bits per heavy atom. The van der Waals surface area contributed by atoms with Gasteiger partial charge in [0.15, 0.2) is 0 Å². The molecule has 5 nitrogen and oxygen atoms in total. The van der Waals surface area contributed by atoms with Crippen molar-refractivity contribution in [3.05, 3.63) is 35.6 Å². The topological polar surface area (TPSA) is 69.6 Å². The fourth-order valence-electron chi connectivity index (χ4n) is 1.70. The van der Waals surface area contributed by atoms with Crippen molar-refractivity contribution >= 4 is 12.0 Å². The van der Waals surface area contributed by atoms with Gasteiger partial charge in [0.2, 0.25) is 0 Å².